The lowest BCUT2D eigenvalue weighted by atomic mass is 9.95. The molecule has 0 bridgehead atoms. The van der Waals surface area contributed by atoms with Crippen LogP contribution < -0.4 is 11.1 Å². The van der Waals surface area contributed by atoms with Crippen LogP contribution in [0.5, 0.6) is 0 Å². The van der Waals surface area contributed by atoms with E-state index in [1.54, 1.807) is 0 Å². The zero-order valence-electron chi connectivity index (χ0n) is 8.80. The van der Waals surface area contributed by atoms with Crippen molar-refractivity contribution in [1.29, 1.82) is 0 Å². The van der Waals surface area contributed by atoms with Gasteiger partial charge < -0.3 is 11.1 Å². The van der Waals surface area contributed by atoms with E-state index in [2.05, 4.69) is 30.2 Å². The zero-order chi connectivity index (χ0) is 10.1. The van der Waals surface area contributed by atoms with Gasteiger partial charge in [0, 0.05) is 13.1 Å². The number of fused-ring (bicyclic) bond motifs is 1. The summed E-state index contributed by atoms with van der Waals surface area (Å²) < 4.78 is 0. The van der Waals surface area contributed by atoms with Gasteiger partial charge in [0.05, 0.1) is 17.1 Å². The van der Waals surface area contributed by atoms with Gasteiger partial charge in [0.15, 0.2) is 0 Å². The summed E-state index contributed by atoms with van der Waals surface area (Å²) in [6.07, 6.45) is 0.910. The Bertz CT molecular complexity index is 347. The summed E-state index contributed by atoms with van der Waals surface area (Å²) in [5.41, 5.74) is 10.3. The van der Waals surface area contributed by atoms with Crippen molar-refractivity contribution in [3.05, 3.63) is 23.0 Å². The van der Waals surface area contributed by atoms with Crippen LogP contribution in [-0.4, -0.2) is 11.5 Å². The summed E-state index contributed by atoms with van der Waals surface area (Å²) in [4.78, 5) is 4.59. The van der Waals surface area contributed by atoms with Crippen molar-refractivity contribution in [1.82, 2.24) is 10.3 Å². The van der Waals surface area contributed by atoms with Gasteiger partial charge in [-0.15, -0.1) is 0 Å². The summed E-state index contributed by atoms with van der Waals surface area (Å²) in [5, 5.41) is 3.36. The van der Waals surface area contributed by atoms with E-state index in [-0.39, 0.29) is 0 Å². The molecular formula is C11H17N3. The first-order chi connectivity index (χ1) is 6.72. The van der Waals surface area contributed by atoms with E-state index >= 15 is 0 Å². The highest BCUT2D eigenvalue weighted by molar-refractivity contribution is 5.48. The minimum absolute atomic E-state index is 0.527. The molecule has 0 radical (unpaired) electrons. The molecule has 0 aliphatic carbocycles. The molecule has 14 heavy (non-hydrogen) atoms. The van der Waals surface area contributed by atoms with Gasteiger partial charge in [-0.05, 0) is 24.0 Å². The predicted molar refractivity (Wildman–Crippen MR) is 58.1 cm³/mol. The summed E-state index contributed by atoms with van der Waals surface area (Å²) in [6.45, 7) is 6.20. The number of aromatic nitrogens is 1. The van der Waals surface area contributed by atoms with Crippen molar-refractivity contribution in [2.45, 2.75) is 32.7 Å². The van der Waals surface area contributed by atoms with Crippen LogP contribution in [0, 0.1) is 0 Å². The Morgan fingerprint density at radius 3 is 3.14 bits per heavy atom. The number of hydrogen-bond donors (Lipinski definition) is 2. The quantitative estimate of drug-likeness (QED) is 0.706. The number of nitrogens with zero attached hydrogens (tertiary/aromatic N) is 1. The maximum atomic E-state index is 5.93. The molecule has 3 N–H and O–H groups in total. The SMILES string of the molecule is CCc1nc2c(cc1N)C(C)CNC2. The summed E-state index contributed by atoms with van der Waals surface area (Å²) in [5.74, 6) is 0.527. The molecule has 0 saturated heterocycles. The highest BCUT2D eigenvalue weighted by atomic mass is 14.9. The van der Waals surface area contributed by atoms with Crippen LogP contribution in [0.25, 0.3) is 0 Å². The Labute approximate surface area is 84.7 Å². The van der Waals surface area contributed by atoms with Gasteiger partial charge in [-0.25, -0.2) is 0 Å². The van der Waals surface area contributed by atoms with Crippen LogP contribution in [0.1, 0.15) is 36.7 Å². The number of nitrogens with two attached hydrogens (primary N) is 1. The first kappa shape index (κ1) is 9.46. The molecule has 0 aromatic carbocycles. The van der Waals surface area contributed by atoms with Gasteiger partial charge in [-0.3, -0.25) is 4.98 Å². The Morgan fingerprint density at radius 1 is 1.64 bits per heavy atom. The van der Waals surface area contributed by atoms with Gasteiger partial charge in [0.2, 0.25) is 0 Å². The van der Waals surface area contributed by atoms with E-state index in [1.807, 2.05) is 0 Å². The molecule has 2 heterocycles. The molecule has 3 heteroatoms. The van der Waals surface area contributed by atoms with Crippen molar-refractivity contribution in [3.63, 3.8) is 0 Å². The highest BCUT2D eigenvalue weighted by Gasteiger charge is 2.18. The molecule has 1 atom stereocenters. The monoisotopic (exact) mass is 191 g/mol. The first-order valence-electron chi connectivity index (χ1n) is 5.21. The van der Waals surface area contributed by atoms with E-state index in [0.717, 1.165) is 30.9 Å². The number of anilines is 1. The van der Waals surface area contributed by atoms with Crippen LogP contribution in [0.3, 0.4) is 0 Å². The van der Waals surface area contributed by atoms with Gasteiger partial charge in [-0.1, -0.05) is 13.8 Å². The lowest BCUT2D eigenvalue weighted by molar-refractivity contribution is 0.557. The number of aryl methyl sites for hydroxylation is 1. The third-order valence-corrected chi connectivity index (χ3v) is 2.86. The standard InChI is InChI=1S/C11H17N3/c1-3-10-9(12)4-8-7(2)5-13-6-11(8)14-10/h4,7,13H,3,5-6,12H2,1-2H3. The van der Waals surface area contributed by atoms with Crippen LogP contribution in [0.4, 0.5) is 5.69 Å². The van der Waals surface area contributed by atoms with Crippen molar-refractivity contribution in [2.75, 3.05) is 12.3 Å². The first-order valence-corrected chi connectivity index (χ1v) is 5.21. The van der Waals surface area contributed by atoms with Crippen molar-refractivity contribution < 1.29 is 0 Å². The van der Waals surface area contributed by atoms with E-state index < -0.39 is 0 Å². The molecule has 0 saturated carbocycles. The van der Waals surface area contributed by atoms with Crippen LogP contribution in [0.15, 0.2) is 6.07 Å². The molecule has 0 amide bonds. The van der Waals surface area contributed by atoms with Crippen LogP contribution in [-0.2, 0) is 13.0 Å². The lowest BCUT2D eigenvalue weighted by Crippen LogP contribution is -2.28. The molecule has 1 aromatic rings. The average Bonchev–Trinajstić information content (AvgIpc) is 2.19. The Hall–Kier alpha value is -1.09. The maximum absolute atomic E-state index is 5.93. The molecule has 76 valence electrons. The molecule has 1 aliphatic heterocycles. The van der Waals surface area contributed by atoms with Gasteiger partial charge >= 0.3 is 0 Å². The third-order valence-electron chi connectivity index (χ3n) is 2.86. The molecule has 0 fully saturated rings. The Morgan fingerprint density at radius 2 is 2.43 bits per heavy atom. The Kier molecular flexibility index (Phi) is 2.42. The number of pyridine rings is 1. The molecular weight excluding hydrogens is 174 g/mol. The van der Waals surface area contributed by atoms with Crippen LogP contribution >= 0.6 is 0 Å². The van der Waals surface area contributed by atoms with Crippen molar-refractivity contribution >= 4 is 5.69 Å². The van der Waals surface area contributed by atoms with E-state index in [0.29, 0.717) is 5.92 Å². The number of nitrogen functional groups attached to an aromatic ring is 1. The van der Waals surface area contributed by atoms with Gasteiger partial charge in [0.25, 0.3) is 0 Å². The molecule has 1 aromatic heterocycles. The van der Waals surface area contributed by atoms with Gasteiger partial charge in [0.1, 0.15) is 0 Å². The largest absolute Gasteiger partial charge is 0.397 e. The fourth-order valence-electron chi connectivity index (χ4n) is 1.99. The summed E-state index contributed by atoms with van der Waals surface area (Å²) >= 11 is 0. The third kappa shape index (κ3) is 1.48. The van der Waals surface area contributed by atoms with E-state index in [9.17, 15) is 0 Å². The predicted octanol–water partition coefficient (Wildman–Crippen LogP) is 1.43. The second-order valence-corrected chi connectivity index (χ2v) is 3.95. The Balaban J connectivity index is 2.48. The molecule has 1 unspecified atom stereocenters. The number of rotatable bonds is 1. The minimum Gasteiger partial charge on any atom is -0.397 e. The van der Waals surface area contributed by atoms with Crippen LogP contribution in [0.2, 0.25) is 0 Å². The molecule has 2 rings (SSSR count). The molecule has 1 aliphatic rings. The zero-order valence-corrected chi connectivity index (χ0v) is 8.80. The molecule has 3 nitrogen and oxygen atoms in total. The van der Waals surface area contributed by atoms with E-state index in [4.69, 9.17) is 5.73 Å². The van der Waals surface area contributed by atoms with Crippen molar-refractivity contribution in [3.8, 4) is 0 Å². The fourth-order valence-corrected chi connectivity index (χ4v) is 1.99. The maximum Gasteiger partial charge on any atom is 0.0633 e. The minimum atomic E-state index is 0.527. The number of nitrogens with one attached hydrogen (secondary N) is 1. The summed E-state index contributed by atoms with van der Waals surface area (Å²) in [7, 11) is 0. The fraction of sp³-hybridized carbons (Fsp3) is 0.545. The average molecular weight is 191 g/mol. The second kappa shape index (κ2) is 3.58. The van der Waals surface area contributed by atoms with E-state index in [1.165, 1.54) is 11.3 Å². The normalized spacial score (nSPS) is 20.6. The lowest BCUT2D eigenvalue weighted by Gasteiger charge is -2.23. The number of hydrogen-bond acceptors (Lipinski definition) is 3. The summed E-state index contributed by atoms with van der Waals surface area (Å²) in [6, 6.07) is 2.10. The topological polar surface area (TPSA) is 50.9 Å². The smallest absolute Gasteiger partial charge is 0.0633 e. The molecule has 0 spiro atoms. The highest BCUT2D eigenvalue weighted by Crippen LogP contribution is 2.25. The second-order valence-electron chi connectivity index (χ2n) is 3.95. The van der Waals surface area contributed by atoms with Crippen molar-refractivity contribution in [2.24, 2.45) is 0 Å². The van der Waals surface area contributed by atoms with Gasteiger partial charge in [-0.2, -0.15) is 0 Å².